The molecule has 0 aromatic carbocycles. The molecule has 0 saturated heterocycles. The van der Waals surface area contributed by atoms with Crippen LogP contribution in [0, 0.1) is 0 Å². The molecule has 0 amide bonds. The van der Waals surface area contributed by atoms with Gasteiger partial charge in [0, 0.05) is 20.1 Å². The van der Waals surface area contributed by atoms with E-state index >= 15 is 0 Å². The van der Waals surface area contributed by atoms with Crippen LogP contribution in [-0.2, 0) is 14.3 Å². The van der Waals surface area contributed by atoms with Crippen LogP contribution in [0.15, 0.2) is 0 Å². The zero-order chi connectivity index (χ0) is 10.1. The average molecular weight is 189 g/mol. The zero-order valence-corrected chi connectivity index (χ0v) is 8.71. The Morgan fingerprint density at radius 1 is 1.31 bits per heavy atom. The highest BCUT2D eigenvalue weighted by atomic mass is 16.5. The SMILES string of the molecule is COCCN(C)CCCC(=O)OC. The molecule has 4 nitrogen and oxygen atoms in total. The van der Waals surface area contributed by atoms with E-state index in [2.05, 4.69) is 9.64 Å². The first-order valence-corrected chi connectivity index (χ1v) is 4.45. The maximum absolute atomic E-state index is 10.7. The van der Waals surface area contributed by atoms with Gasteiger partial charge in [0.2, 0.25) is 0 Å². The van der Waals surface area contributed by atoms with Crippen molar-refractivity contribution in [2.45, 2.75) is 12.8 Å². The summed E-state index contributed by atoms with van der Waals surface area (Å²) < 4.78 is 9.46. The number of hydrogen-bond acceptors (Lipinski definition) is 4. The van der Waals surface area contributed by atoms with Crippen molar-refractivity contribution in [2.24, 2.45) is 0 Å². The van der Waals surface area contributed by atoms with Gasteiger partial charge < -0.3 is 14.4 Å². The third-order valence-electron chi connectivity index (χ3n) is 1.83. The third kappa shape index (κ3) is 7.74. The van der Waals surface area contributed by atoms with Gasteiger partial charge >= 0.3 is 5.97 Å². The smallest absolute Gasteiger partial charge is 0.305 e. The molecule has 0 N–H and O–H groups in total. The van der Waals surface area contributed by atoms with E-state index in [0.717, 1.165) is 26.1 Å². The lowest BCUT2D eigenvalue weighted by atomic mass is 10.3. The minimum atomic E-state index is -0.139. The number of hydrogen-bond donors (Lipinski definition) is 0. The topological polar surface area (TPSA) is 38.8 Å². The van der Waals surface area contributed by atoms with E-state index in [-0.39, 0.29) is 5.97 Å². The molecule has 0 heterocycles. The Morgan fingerprint density at radius 3 is 2.54 bits per heavy atom. The van der Waals surface area contributed by atoms with Gasteiger partial charge in [-0.05, 0) is 20.0 Å². The standard InChI is InChI=1S/C9H19NO3/c1-10(7-8-12-2)6-4-5-9(11)13-3/h4-8H2,1-3H3. The number of carbonyl (C=O) groups excluding carboxylic acids is 1. The summed E-state index contributed by atoms with van der Waals surface area (Å²) in [6, 6.07) is 0. The summed E-state index contributed by atoms with van der Waals surface area (Å²) in [5, 5.41) is 0. The van der Waals surface area contributed by atoms with Crippen molar-refractivity contribution in [3.63, 3.8) is 0 Å². The Morgan fingerprint density at radius 2 is 2.00 bits per heavy atom. The molecule has 0 fully saturated rings. The zero-order valence-electron chi connectivity index (χ0n) is 8.71. The number of rotatable bonds is 7. The summed E-state index contributed by atoms with van der Waals surface area (Å²) >= 11 is 0. The van der Waals surface area contributed by atoms with Crippen molar-refractivity contribution in [3.8, 4) is 0 Å². The lowest BCUT2D eigenvalue weighted by molar-refractivity contribution is -0.140. The average Bonchev–Trinajstić information content (AvgIpc) is 2.14. The van der Waals surface area contributed by atoms with Crippen LogP contribution in [0.2, 0.25) is 0 Å². The quantitative estimate of drug-likeness (QED) is 0.547. The van der Waals surface area contributed by atoms with Gasteiger partial charge in [0.15, 0.2) is 0 Å². The lowest BCUT2D eigenvalue weighted by Gasteiger charge is -2.14. The summed E-state index contributed by atoms with van der Waals surface area (Å²) in [7, 11) is 5.11. The fourth-order valence-electron chi connectivity index (χ4n) is 0.954. The first-order chi connectivity index (χ1) is 6.20. The number of carbonyl (C=O) groups is 1. The van der Waals surface area contributed by atoms with Crippen LogP contribution in [0.25, 0.3) is 0 Å². The van der Waals surface area contributed by atoms with E-state index in [0.29, 0.717) is 6.42 Å². The van der Waals surface area contributed by atoms with Crippen LogP contribution in [0.3, 0.4) is 0 Å². The summed E-state index contributed by atoms with van der Waals surface area (Å²) in [6.45, 7) is 2.53. The van der Waals surface area contributed by atoms with Crippen molar-refractivity contribution in [2.75, 3.05) is 41.0 Å². The summed E-state index contributed by atoms with van der Waals surface area (Å²) in [5.74, 6) is -0.139. The summed E-state index contributed by atoms with van der Waals surface area (Å²) in [5.41, 5.74) is 0. The molecule has 0 aromatic heterocycles. The van der Waals surface area contributed by atoms with Crippen LogP contribution in [0.5, 0.6) is 0 Å². The molecular formula is C9H19NO3. The summed E-state index contributed by atoms with van der Waals surface area (Å²) in [6.07, 6.45) is 1.33. The number of methoxy groups -OCH3 is 2. The second-order valence-electron chi connectivity index (χ2n) is 2.98. The minimum absolute atomic E-state index is 0.139. The fraction of sp³-hybridized carbons (Fsp3) is 0.889. The third-order valence-corrected chi connectivity index (χ3v) is 1.83. The Kier molecular flexibility index (Phi) is 7.63. The monoisotopic (exact) mass is 189 g/mol. The molecule has 0 atom stereocenters. The molecule has 0 aliphatic carbocycles. The van der Waals surface area contributed by atoms with Gasteiger partial charge in [-0.25, -0.2) is 0 Å². The van der Waals surface area contributed by atoms with Gasteiger partial charge in [-0.15, -0.1) is 0 Å². The van der Waals surface area contributed by atoms with Crippen LogP contribution >= 0.6 is 0 Å². The van der Waals surface area contributed by atoms with E-state index in [1.807, 2.05) is 7.05 Å². The normalized spacial score (nSPS) is 10.5. The minimum Gasteiger partial charge on any atom is -0.469 e. The second-order valence-corrected chi connectivity index (χ2v) is 2.98. The first-order valence-electron chi connectivity index (χ1n) is 4.45. The van der Waals surface area contributed by atoms with E-state index in [1.165, 1.54) is 7.11 Å². The van der Waals surface area contributed by atoms with Crippen molar-refractivity contribution in [3.05, 3.63) is 0 Å². The van der Waals surface area contributed by atoms with Crippen molar-refractivity contribution < 1.29 is 14.3 Å². The van der Waals surface area contributed by atoms with E-state index in [1.54, 1.807) is 7.11 Å². The highest BCUT2D eigenvalue weighted by molar-refractivity contribution is 5.68. The number of likely N-dealkylation sites (N-methyl/N-ethyl adjacent to an activating group) is 1. The largest absolute Gasteiger partial charge is 0.469 e. The van der Waals surface area contributed by atoms with Gasteiger partial charge in [-0.1, -0.05) is 0 Å². The van der Waals surface area contributed by atoms with Crippen LogP contribution in [0.1, 0.15) is 12.8 Å². The number of esters is 1. The van der Waals surface area contributed by atoms with Crippen LogP contribution in [0.4, 0.5) is 0 Å². The van der Waals surface area contributed by atoms with Crippen LogP contribution in [-0.4, -0.2) is 51.8 Å². The predicted octanol–water partition coefficient (Wildman–Crippen LogP) is 0.518. The molecule has 0 radical (unpaired) electrons. The maximum Gasteiger partial charge on any atom is 0.305 e. The molecule has 0 aliphatic rings. The maximum atomic E-state index is 10.7. The highest BCUT2D eigenvalue weighted by Gasteiger charge is 2.01. The van der Waals surface area contributed by atoms with Gasteiger partial charge in [-0.2, -0.15) is 0 Å². The van der Waals surface area contributed by atoms with E-state index in [4.69, 9.17) is 4.74 Å². The Labute approximate surface area is 79.8 Å². The molecule has 0 aromatic rings. The summed E-state index contributed by atoms with van der Waals surface area (Å²) in [4.78, 5) is 12.9. The molecular weight excluding hydrogens is 170 g/mol. The molecule has 0 spiro atoms. The predicted molar refractivity (Wildman–Crippen MR) is 50.6 cm³/mol. The van der Waals surface area contributed by atoms with Crippen LogP contribution < -0.4 is 0 Å². The molecule has 0 rings (SSSR count). The molecule has 0 saturated carbocycles. The molecule has 0 unspecified atom stereocenters. The second kappa shape index (κ2) is 8.01. The van der Waals surface area contributed by atoms with Crippen molar-refractivity contribution >= 4 is 5.97 Å². The molecule has 4 heteroatoms. The van der Waals surface area contributed by atoms with Gasteiger partial charge in [-0.3, -0.25) is 4.79 Å². The van der Waals surface area contributed by atoms with E-state index in [9.17, 15) is 4.79 Å². The van der Waals surface area contributed by atoms with Gasteiger partial charge in [0.1, 0.15) is 0 Å². The molecule has 0 aliphatic heterocycles. The number of ether oxygens (including phenoxy) is 2. The molecule has 13 heavy (non-hydrogen) atoms. The molecule has 78 valence electrons. The Hall–Kier alpha value is -0.610. The fourth-order valence-corrected chi connectivity index (χ4v) is 0.954. The first kappa shape index (κ1) is 12.4. The van der Waals surface area contributed by atoms with Crippen molar-refractivity contribution in [1.82, 2.24) is 4.90 Å². The van der Waals surface area contributed by atoms with Gasteiger partial charge in [0.25, 0.3) is 0 Å². The lowest BCUT2D eigenvalue weighted by Crippen LogP contribution is -2.24. The molecule has 0 bridgehead atoms. The van der Waals surface area contributed by atoms with Crippen molar-refractivity contribution in [1.29, 1.82) is 0 Å². The Bertz CT molecular complexity index is 139. The number of nitrogens with zero attached hydrogens (tertiary/aromatic N) is 1. The van der Waals surface area contributed by atoms with E-state index < -0.39 is 0 Å². The Balaban J connectivity index is 3.26. The highest BCUT2D eigenvalue weighted by Crippen LogP contribution is 1.94. The van der Waals surface area contributed by atoms with Gasteiger partial charge in [0.05, 0.1) is 13.7 Å².